The van der Waals surface area contributed by atoms with Crippen molar-refractivity contribution in [1.82, 2.24) is 4.90 Å². The molecule has 0 radical (unpaired) electrons. The fourth-order valence-corrected chi connectivity index (χ4v) is 4.54. The number of benzene rings is 1. The van der Waals surface area contributed by atoms with Crippen LogP contribution in [0.1, 0.15) is 46.7 Å². The molecular formula is C20H25NO2S. The molecule has 3 nitrogen and oxygen atoms in total. The second-order valence-corrected chi connectivity index (χ2v) is 7.91. The van der Waals surface area contributed by atoms with E-state index >= 15 is 0 Å². The molecule has 1 fully saturated rings. The molecule has 1 aliphatic heterocycles. The first-order chi connectivity index (χ1) is 11.6. The van der Waals surface area contributed by atoms with Crippen molar-refractivity contribution in [2.75, 3.05) is 13.1 Å². The number of nitrogens with zero attached hydrogens (tertiary/aromatic N) is 1. The number of likely N-dealkylation sites (tertiary alicyclic amines) is 1. The van der Waals surface area contributed by atoms with Crippen LogP contribution in [-0.2, 0) is 11.2 Å². The first-order valence-corrected chi connectivity index (χ1v) is 9.52. The molecule has 1 aliphatic rings. The Morgan fingerprint density at radius 3 is 2.38 bits per heavy atom. The minimum absolute atomic E-state index is 0.186. The van der Waals surface area contributed by atoms with Crippen LogP contribution in [0, 0.1) is 12.8 Å². The fourth-order valence-electron chi connectivity index (χ4n) is 3.50. The van der Waals surface area contributed by atoms with Crippen LogP contribution in [0.5, 0.6) is 0 Å². The van der Waals surface area contributed by atoms with Crippen LogP contribution in [0.25, 0.3) is 0 Å². The Morgan fingerprint density at radius 2 is 1.88 bits per heavy atom. The minimum Gasteiger partial charge on any atom is -0.481 e. The van der Waals surface area contributed by atoms with Crippen LogP contribution >= 0.6 is 11.3 Å². The van der Waals surface area contributed by atoms with Gasteiger partial charge in [-0.2, -0.15) is 0 Å². The number of aryl methyl sites for hydroxylation is 2. The van der Waals surface area contributed by atoms with Crippen LogP contribution in [0.2, 0.25) is 0 Å². The molecule has 0 bridgehead atoms. The van der Waals surface area contributed by atoms with E-state index in [0.717, 1.165) is 32.4 Å². The van der Waals surface area contributed by atoms with E-state index in [0.29, 0.717) is 0 Å². The van der Waals surface area contributed by atoms with Gasteiger partial charge in [-0.3, -0.25) is 9.69 Å². The zero-order chi connectivity index (χ0) is 17.1. The molecule has 1 saturated heterocycles. The Kier molecular flexibility index (Phi) is 5.36. The summed E-state index contributed by atoms with van der Waals surface area (Å²) in [5.41, 5.74) is 2.66. The van der Waals surface area contributed by atoms with E-state index < -0.39 is 5.97 Å². The molecule has 1 unspecified atom stereocenters. The van der Waals surface area contributed by atoms with Gasteiger partial charge >= 0.3 is 5.97 Å². The Hall–Kier alpha value is -1.65. The smallest absolute Gasteiger partial charge is 0.306 e. The summed E-state index contributed by atoms with van der Waals surface area (Å²) < 4.78 is 0. The monoisotopic (exact) mass is 343 g/mol. The van der Waals surface area contributed by atoms with Crippen molar-refractivity contribution >= 4 is 17.3 Å². The number of hydrogen-bond acceptors (Lipinski definition) is 3. The van der Waals surface area contributed by atoms with E-state index in [4.69, 9.17) is 0 Å². The Bertz CT molecular complexity index is 684. The Morgan fingerprint density at radius 1 is 1.21 bits per heavy atom. The molecule has 0 spiro atoms. The van der Waals surface area contributed by atoms with Gasteiger partial charge in [-0.25, -0.2) is 0 Å². The lowest BCUT2D eigenvalue weighted by Gasteiger charge is -2.36. The van der Waals surface area contributed by atoms with Crippen LogP contribution in [0.15, 0.2) is 36.4 Å². The maximum absolute atomic E-state index is 11.2. The van der Waals surface area contributed by atoms with Crippen LogP contribution < -0.4 is 0 Å². The Labute approximate surface area is 147 Å². The van der Waals surface area contributed by atoms with E-state index in [1.807, 2.05) is 11.3 Å². The highest BCUT2D eigenvalue weighted by Gasteiger charge is 2.30. The van der Waals surface area contributed by atoms with Crippen LogP contribution in [0.3, 0.4) is 0 Å². The molecular weight excluding hydrogens is 318 g/mol. The lowest BCUT2D eigenvalue weighted by Crippen LogP contribution is -2.39. The molecule has 24 heavy (non-hydrogen) atoms. The van der Waals surface area contributed by atoms with E-state index in [1.54, 1.807) is 0 Å². The lowest BCUT2D eigenvalue weighted by molar-refractivity contribution is -0.143. The van der Waals surface area contributed by atoms with Gasteiger partial charge in [0.05, 0.1) is 12.0 Å². The van der Waals surface area contributed by atoms with Gasteiger partial charge in [0.2, 0.25) is 0 Å². The number of carboxylic acid groups (broad SMARTS) is 1. The summed E-state index contributed by atoms with van der Waals surface area (Å²) in [7, 11) is 0. The molecule has 0 saturated carbocycles. The summed E-state index contributed by atoms with van der Waals surface area (Å²) >= 11 is 1.84. The van der Waals surface area contributed by atoms with Crippen molar-refractivity contribution in [2.24, 2.45) is 5.92 Å². The van der Waals surface area contributed by atoms with Crippen molar-refractivity contribution in [3.05, 3.63) is 57.3 Å². The zero-order valence-electron chi connectivity index (χ0n) is 14.4. The van der Waals surface area contributed by atoms with Gasteiger partial charge in [-0.1, -0.05) is 31.2 Å². The third kappa shape index (κ3) is 3.70. The van der Waals surface area contributed by atoms with E-state index in [-0.39, 0.29) is 12.0 Å². The molecule has 3 rings (SSSR count). The maximum Gasteiger partial charge on any atom is 0.306 e. The molecule has 1 atom stereocenters. The largest absolute Gasteiger partial charge is 0.481 e. The highest BCUT2D eigenvalue weighted by atomic mass is 32.1. The second-order valence-electron chi connectivity index (χ2n) is 6.59. The summed E-state index contributed by atoms with van der Waals surface area (Å²) in [5, 5.41) is 9.24. The SMILES string of the molecule is CCc1ccc(C(c2ccc(C)s2)N2CCC(C(=O)O)CC2)cc1. The highest BCUT2D eigenvalue weighted by molar-refractivity contribution is 7.12. The van der Waals surface area contributed by atoms with Gasteiger partial charge in [-0.15, -0.1) is 11.3 Å². The van der Waals surface area contributed by atoms with E-state index in [9.17, 15) is 9.90 Å². The van der Waals surface area contributed by atoms with Crippen molar-refractivity contribution < 1.29 is 9.90 Å². The number of piperidine rings is 1. The molecule has 1 N–H and O–H groups in total. The summed E-state index contributed by atoms with van der Waals surface area (Å²) in [4.78, 5) is 16.4. The molecule has 0 amide bonds. The number of carbonyl (C=O) groups is 1. The van der Waals surface area contributed by atoms with Crippen molar-refractivity contribution in [2.45, 2.75) is 39.2 Å². The predicted octanol–water partition coefficient (Wildman–Crippen LogP) is 4.50. The second kappa shape index (κ2) is 7.49. The molecule has 2 heterocycles. The van der Waals surface area contributed by atoms with Gasteiger partial charge in [0.1, 0.15) is 0 Å². The molecule has 2 aromatic rings. The van der Waals surface area contributed by atoms with Crippen molar-refractivity contribution in [3.63, 3.8) is 0 Å². The maximum atomic E-state index is 11.2. The van der Waals surface area contributed by atoms with E-state index in [2.05, 4.69) is 55.1 Å². The first kappa shape index (κ1) is 17.2. The normalized spacial score (nSPS) is 17.8. The molecule has 1 aromatic carbocycles. The Balaban J connectivity index is 1.86. The van der Waals surface area contributed by atoms with Gasteiger partial charge in [0, 0.05) is 9.75 Å². The van der Waals surface area contributed by atoms with Gasteiger partial charge in [0.15, 0.2) is 0 Å². The van der Waals surface area contributed by atoms with Crippen LogP contribution in [-0.4, -0.2) is 29.1 Å². The number of carboxylic acids is 1. The first-order valence-electron chi connectivity index (χ1n) is 8.70. The third-order valence-electron chi connectivity index (χ3n) is 4.98. The van der Waals surface area contributed by atoms with Crippen molar-refractivity contribution in [3.8, 4) is 0 Å². The number of aliphatic carboxylic acids is 1. The summed E-state index contributed by atoms with van der Waals surface area (Å²) in [6, 6.07) is 13.5. The quantitative estimate of drug-likeness (QED) is 0.868. The third-order valence-corrected chi connectivity index (χ3v) is 6.03. The molecule has 0 aliphatic carbocycles. The van der Waals surface area contributed by atoms with Crippen LogP contribution in [0.4, 0.5) is 0 Å². The van der Waals surface area contributed by atoms with E-state index in [1.165, 1.54) is 20.9 Å². The molecule has 128 valence electrons. The average molecular weight is 343 g/mol. The molecule has 1 aromatic heterocycles. The lowest BCUT2D eigenvalue weighted by atomic mass is 9.93. The summed E-state index contributed by atoms with van der Waals surface area (Å²) in [6.45, 7) is 6.00. The van der Waals surface area contributed by atoms with Crippen molar-refractivity contribution in [1.29, 1.82) is 0 Å². The number of thiophene rings is 1. The topological polar surface area (TPSA) is 40.5 Å². The summed E-state index contributed by atoms with van der Waals surface area (Å²) in [6.07, 6.45) is 2.53. The summed E-state index contributed by atoms with van der Waals surface area (Å²) in [5.74, 6) is -0.833. The minimum atomic E-state index is -0.648. The van der Waals surface area contributed by atoms with Gasteiger partial charge in [-0.05, 0) is 62.5 Å². The predicted molar refractivity (Wildman–Crippen MR) is 98.7 cm³/mol. The zero-order valence-corrected chi connectivity index (χ0v) is 15.2. The average Bonchev–Trinajstić information content (AvgIpc) is 3.02. The highest BCUT2D eigenvalue weighted by Crippen LogP contribution is 2.36. The van der Waals surface area contributed by atoms with Gasteiger partial charge in [0.25, 0.3) is 0 Å². The number of hydrogen-bond donors (Lipinski definition) is 1. The number of rotatable bonds is 5. The fraction of sp³-hybridized carbons (Fsp3) is 0.450. The standard InChI is InChI=1S/C20H25NO2S/c1-3-15-5-7-16(8-6-15)19(18-9-4-14(2)24-18)21-12-10-17(11-13-21)20(22)23/h4-9,17,19H,3,10-13H2,1-2H3,(H,22,23). The molecule has 4 heteroatoms. The van der Waals surface area contributed by atoms with Gasteiger partial charge < -0.3 is 5.11 Å².